The minimum absolute atomic E-state index is 0.858. The molecule has 0 spiro atoms. The van der Waals surface area contributed by atoms with Gasteiger partial charge in [-0.15, -0.1) is 0 Å². The zero-order valence-electron chi connectivity index (χ0n) is 21.7. The van der Waals surface area contributed by atoms with Gasteiger partial charge in [-0.2, -0.15) is 0 Å². The van der Waals surface area contributed by atoms with Gasteiger partial charge in [0.15, 0.2) is 7.14 Å². The van der Waals surface area contributed by atoms with Crippen molar-refractivity contribution in [3.63, 3.8) is 0 Å². The largest absolute Gasteiger partial charge is 0.309 e. The molecule has 6 aromatic carbocycles. The fourth-order valence-electron chi connectivity index (χ4n) is 6.24. The van der Waals surface area contributed by atoms with Crippen LogP contribution >= 0.6 is 7.14 Å². The highest BCUT2D eigenvalue weighted by atomic mass is 31.2. The fraction of sp³-hybridized carbons (Fsp3) is 0. The molecule has 0 fully saturated rings. The first-order chi connectivity index (χ1) is 19.7. The molecular formula is C36H25N2OP. The lowest BCUT2D eigenvalue weighted by Gasteiger charge is -2.37. The summed E-state index contributed by atoms with van der Waals surface area (Å²) in [5, 5.41) is 5.09. The predicted molar refractivity (Wildman–Crippen MR) is 168 cm³/mol. The Bertz CT molecular complexity index is 1990. The molecule has 0 unspecified atom stereocenters. The lowest BCUT2D eigenvalue weighted by Crippen LogP contribution is -2.36. The monoisotopic (exact) mass is 532 g/mol. The first-order valence-electron chi connectivity index (χ1n) is 13.5. The molecule has 2 heterocycles. The van der Waals surface area contributed by atoms with Gasteiger partial charge < -0.3 is 14.0 Å². The first kappa shape index (κ1) is 23.1. The number of para-hydroxylation sites is 4. The Morgan fingerprint density at radius 3 is 1.45 bits per heavy atom. The second kappa shape index (κ2) is 8.84. The topological polar surface area (TPSA) is 25.2 Å². The van der Waals surface area contributed by atoms with Crippen LogP contribution in [0, 0.1) is 0 Å². The minimum atomic E-state index is -3.05. The van der Waals surface area contributed by atoms with Crippen LogP contribution in [0.1, 0.15) is 0 Å². The number of nitrogens with zero attached hydrogens (tertiary/aromatic N) is 2. The van der Waals surface area contributed by atoms with Crippen LogP contribution in [0.4, 0.5) is 17.1 Å². The summed E-state index contributed by atoms with van der Waals surface area (Å²) in [6, 6.07) is 52.0. The van der Waals surface area contributed by atoms with Crippen LogP contribution in [0.5, 0.6) is 0 Å². The Morgan fingerprint density at radius 1 is 0.425 bits per heavy atom. The van der Waals surface area contributed by atoms with E-state index < -0.39 is 7.14 Å². The molecule has 8 rings (SSSR count). The lowest BCUT2D eigenvalue weighted by atomic mass is 10.1. The van der Waals surface area contributed by atoms with Crippen LogP contribution < -0.4 is 20.8 Å². The standard InChI is InChI=1S/C36H25N2OP/c39-40(28-12-2-1-3-13-28)35-20-10-8-18-33(35)38(34-19-9-11-21-36(34)40)27-24-22-26(23-25-27)37-31-16-6-4-14-29(31)30-15-5-7-17-32(30)37/h1-25H. The molecule has 1 aliphatic rings. The number of hydrogen-bond donors (Lipinski definition) is 0. The molecule has 0 radical (unpaired) electrons. The van der Waals surface area contributed by atoms with E-state index in [1.807, 2.05) is 66.7 Å². The van der Waals surface area contributed by atoms with Crippen molar-refractivity contribution in [2.45, 2.75) is 0 Å². The number of hydrogen-bond acceptors (Lipinski definition) is 2. The molecular weight excluding hydrogens is 507 g/mol. The SMILES string of the molecule is O=P1(c2ccccc2)c2ccccc2N(c2ccc(-n3c4ccccc4c4ccccc43)cc2)c2ccccc21. The minimum Gasteiger partial charge on any atom is -0.309 e. The van der Waals surface area contributed by atoms with E-state index in [4.69, 9.17) is 0 Å². The lowest BCUT2D eigenvalue weighted by molar-refractivity contribution is 0.592. The van der Waals surface area contributed by atoms with Gasteiger partial charge in [-0.1, -0.05) is 91.0 Å². The van der Waals surface area contributed by atoms with Crippen molar-refractivity contribution in [1.82, 2.24) is 4.57 Å². The van der Waals surface area contributed by atoms with Gasteiger partial charge in [0.2, 0.25) is 0 Å². The summed E-state index contributed by atoms with van der Waals surface area (Å²) < 4.78 is 17.4. The van der Waals surface area contributed by atoms with E-state index in [2.05, 4.69) is 94.4 Å². The molecule has 7 aromatic rings. The second-order valence-electron chi connectivity index (χ2n) is 10.1. The Labute approximate surface area is 232 Å². The van der Waals surface area contributed by atoms with Crippen molar-refractivity contribution in [2.24, 2.45) is 0 Å². The van der Waals surface area contributed by atoms with Crippen molar-refractivity contribution >= 4 is 61.9 Å². The zero-order valence-corrected chi connectivity index (χ0v) is 22.6. The van der Waals surface area contributed by atoms with E-state index in [-0.39, 0.29) is 0 Å². The Balaban J connectivity index is 1.32. The van der Waals surface area contributed by atoms with Gasteiger partial charge in [0.05, 0.1) is 22.4 Å². The van der Waals surface area contributed by atoms with Gasteiger partial charge in [-0.25, -0.2) is 0 Å². The van der Waals surface area contributed by atoms with Gasteiger partial charge in [0.1, 0.15) is 0 Å². The van der Waals surface area contributed by atoms with E-state index in [1.54, 1.807) is 0 Å². The number of benzene rings is 6. The van der Waals surface area contributed by atoms with Gasteiger partial charge in [0.25, 0.3) is 0 Å². The number of fused-ring (bicyclic) bond motifs is 5. The van der Waals surface area contributed by atoms with Crippen LogP contribution in [0.15, 0.2) is 152 Å². The van der Waals surface area contributed by atoms with Gasteiger partial charge in [0, 0.05) is 38.1 Å². The molecule has 1 aliphatic heterocycles. The maximum Gasteiger partial charge on any atom is 0.175 e. The molecule has 3 nitrogen and oxygen atoms in total. The highest BCUT2D eigenvalue weighted by Crippen LogP contribution is 2.53. The first-order valence-corrected chi connectivity index (χ1v) is 15.2. The molecule has 0 bridgehead atoms. The van der Waals surface area contributed by atoms with Crippen molar-refractivity contribution in [3.8, 4) is 5.69 Å². The molecule has 0 atom stereocenters. The smallest absolute Gasteiger partial charge is 0.175 e. The van der Waals surface area contributed by atoms with Gasteiger partial charge in [-0.05, 0) is 60.7 Å². The number of rotatable bonds is 3. The number of anilines is 3. The molecule has 0 aliphatic carbocycles. The van der Waals surface area contributed by atoms with Crippen LogP contribution in [0.25, 0.3) is 27.5 Å². The van der Waals surface area contributed by atoms with Crippen molar-refractivity contribution < 1.29 is 4.57 Å². The maximum absolute atomic E-state index is 15.1. The third kappa shape index (κ3) is 3.22. The third-order valence-corrected chi connectivity index (χ3v) is 11.1. The molecule has 0 saturated carbocycles. The fourth-order valence-corrected chi connectivity index (χ4v) is 9.24. The average Bonchev–Trinajstić information content (AvgIpc) is 3.36. The molecule has 40 heavy (non-hydrogen) atoms. The van der Waals surface area contributed by atoms with Crippen molar-refractivity contribution in [1.29, 1.82) is 0 Å². The van der Waals surface area contributed by atoms with Crippen molar-refractivity contribution in [2.75, 3.05) is 4.90 Å². The van der Waals surface area contributed by atoms with Crippen LogP contribution in [0.3, 0.4) is 0 Å². The molecule has 0 saturated heterocycles. The summed E-state index contributed by atoms with van der Waals surface area (Å²) in [5.41, 5.74) is 6.43. The van der Waals surface area contributed by atoms with Crippen molar-refractivity contribution in [3.05, 3.63) is 152 Å². The van der Waals surface area contributed by atoms with E-state index in [0.29, 0.717) is 0 Å². The van der Waals surface area contributed by atoms with Gasteiger partial charge >= 0.3 is 0 Å². The predicted octanol–water partition coefficient (Wildman–Crippen LogP) is 8.21. The van der Waals surface area contributed by atoms with E-state index in [1.165, 1.54) is 21.8 Å². The molecule has 0 amide bonds. The third-order valence-electron chi connectivity index (χ3n) is 7.99. The number of aromatic nitrogens is 1. The summed E-state index contributed by atoms with van der Waals surface area (Å²) in [7, 11) is -3.05. The molecule has 190 valence electrons. The van der Waals surface area contributed by atoms with Gasteiger partial charge in [-0.3, -0.25) is 0 Å². The molecule has 4 heteroatoms. The normalized spacial score (nSPS) is 13.8. The highest BCUT2D eigenvalue weighted by Gasteiger charge is 2.40. The Morgan fingerprint density at radius 2 is 0.875 bits per heavy atom. The summed E-state index contributed by atoms with van der Waals surface area (Å²) in [6.45, 7) is 0. The Hall–Kier alpha value is -4.85. The molecule has 0 N–H and O–H groups in total. The van der Waals surface area contributed by atoms with Crippen LogP contribution in [0.2, 0.25) is 0 Å². The highest BCUT2D eigenvalue weighted by molar-refractivity contribution is 7.86. The zero-order chi connectivity index (χ0) is 26.7. The maximum atomic E-state index is 15.1. The quantitative estimate of drug-likeness (QED) is 0.214. The summed E-state index contributed by atoms with van der Waals surface area (Å²) >= 11 is 0. The second-order valence-corrected chi connectivity index (χ2v) is 12.8. The van der Waals surface area contributed by atoms with Crippen LogP contribution in [-0.2, 0) is 4.57 Å². The summed E-state index contributed by atoms with van der Waals surface area (Å²) in [6.07, 6.45) is 0. The summed E-state index contributed by atoms with van der Waals surface area (Å²) in [4.78, 5) is 2.25. The molecule has 1 aromatic heterocycles. The average molecular weight is 533 g/mol. The van der Waals surface area contributed by atoms with E-state index in [9.17, 15) is 0 Å². The van der Waals surface area contributed by atoms with Crippen LogP contribution in [-0.4, -0.2) is 4.57 Å². The Kier molecular flexibility index (Phi) is 5.10. The summed E-state index contributed by atoms with van der Waals surface area (Å²) in [5.74, 6) is 0. The van der Waals surface area contributed by atoms with E-state index in [0.717, 1.165) is 38.7 Å². The van der Waals surface area contributed by atoms with E-state index >= 15 is 4.57 Å².